The zero-order valence-corrected chi connectivity index (χ0v) is 16.1. The molecule has 0 radical (unpaired) electrons. The van der Waals surface area contributed by atoms with E-state index in [1.807, 2.05) is 24.3 Å². The molecule has 146 valence electrons. The Morgan fingerprint density at radius 1 is 1.19 bits per heavy atom. The number of methoxy groups -OCH3 is 1. The van der Waals surface area contributed by atoms with E-state index in [4.69, 9.17) is 4.74 Å². The van der Waals surface area contributed by atoms with E-state index in [1.165, 1.54) is 0 Å². The van der Waals surface area contributed by atoms with Crippen molar-refractivity contribution in [2.45, 2.75) is 32.7 Å². The van der Waals surface area contributed by atoms with Crippen molar-refractivity contribution in [2.75, 3.05) is 31.6 Å². The van der Waals surface area contributed by atoms with Crippen LogP contribution in [0, 0.1) is 11.8 Å². The maximum atomic E-state index is 12.6. The fraction of sp³-hybridized carbons (Fsp3) is 0.550. The van der Waals surface area contributed by atoms with Crippen LogP contribution >= 0.6 is 0 Å². The van der Waals surface area contributed by atoms with Crippen molar-refractivity contribution < 1.29 is 19.1 Å². The Morgan fingerprint density at radius 3 is 2.63 bits per heavy atom. The highest BCUT2D eigenvalue weighted by Gasteiger charge is 2.38. The lowest BCUT2D eigenvalue weighted by Gasteiger charge is -2.21. The normalized spacial score (nSPS) is 22.7. The van der Waals surface area contributed by atoms with Crippen LogP contribution in [0.15, 0.2) is 24.3 Å². The second-order valence-corrected chi connectivity index (χ2v) is 7.68. The van der Waals surface area contributed by atoms with Crippen molar-refractivity contribution in [1.82, 2.24) is 10.2 Å². The predicted molar refractivity (Wildman–Crippen MR) is 101 cm³/mol. The van der Waals surface area contributed by atoms with E-state index >= 15 is 0 Å². The van der Waals surface area contributed by atoms with Crippen LogP contribution in [0.5, 0.6) is 5.75 Å². The van der Waals surface area contributed by atoms with Crippen LogP contribution in [0.25, 0.3) is 0 Å². The maximum Gasteiger partial charge on any atom is 0.229 e. The molecule has 2 aliphatic rings. The molecule has 1 N–H and O–H groups in total. The highest BCUT2D eigenvalue weighted by Crippen LogP contribution is 2.31. The number of nitrogens with zero attached hydrogens (tertiary/aromatic N) is 2. The van der Waals surface area contributed by atoms with Gasteiger partial charge >= 0.3 is 0 Å². The summed E-state index contributed by atoms with van der Waals surface area (Å²) in [6.07, 6.45) is 0.496. The molecule has 2 saturated heterocycles. The van der Waals surface area contributed by atoms with Crippen LogP contribution in [-0.2, 0) is 14.4 Å². The Kier molecular flexibility index (Phi) is 5.68. The highest BCUT2D eigenvalue weighted by molar-refractivity contribution is 5.98. The molecule has 7 heteroatoms. The second kappa shape index (κ2) is 7.98. The number of carbonyl (C=O) groups excluding carboxylic acids is 3. The number of ether oxygens (including phenoxy) is 1. The van der Waals surface area contributed by atoms with E-state index in [0.717, 1.165) is 0 Å². The molecule has 7 nitrogen and oxygen atoms in total. The zero-order chi connectivity index (χ0) is 19.6. The molecule has 3 rings (SSSR count). The lowest BCUT2D eigenvalue weighted by atomic mass is 10.1. The number of para-hydroxylation sites is 2. The van der Waals surface area contributed by atoms with Crippen LogP contribution in [0.1, 0.15) is 26.7 Å². The summed E-state index contributed by atoms with van der Waals surface area (Å²) >= 11 is 0. The quantitative estimate of drug-likeness (QED) is 0.818. The van der Waals surface area contributed by atoms with Crippen molar-refractivity contribution in [3.05, 3.63) is 24.3 Å². The number of amides is 3. The van der Waals surface area contributed by atoms with Crippen molar-refractivity contribution in [2.24, 2.45) is 11.8 Å². The first-order valence-corrected chi connectivity index (χ1v) is 9.40. The van der Waals surface area contributed by atoms with Gasteiger partial charge in [-0.3, -0.25) is 14.4 Å². The van der Waals surface area contributed by atoms with Gasteiger partial charge in [-0.1, -0.05) is 26.0 Å². The third-order valence-corrected chi connectivity index (χ3v) is 5.02. The fourth-order valence-corrected chi connectivity index (χ4v) is 3.77. The van der Waals surface area contributed by atoms with Gasteiger partial charge < -0.3 is 19.9 Å². The fourth-order valence-electron chi connectivity index (χ4n) is 3.77. The minimum absolute atomic E-state index is 0.0296. The Bertz CT molecular complexity index is 734. The molecule has 0 spiro atoms. The molecule has 3 amide bonds. The molecule has 1 aromatic carbocycles. The number of anilines is 1. The molecular weight excluding hydrogens is 346 g/mol. The zero-order valence-electron chi connectivity index (χ0n) is 16.1. The van der Waals surface area contributed by atoms with E-state index in [2.05, 4.69) is 19.2 Å². The van der Waals surface area contributed by atoms with Crippen molar-refractivity contribution in [1.29, 1.82) is 0 Å². The summed E-state index contributed by atoms with van der Waals surface area (Å²) in [6.45, 7) is 5.64. The maximum absolute atomic E-state index is 12.6. The molecule has 2 atom stereocenters. The number of benzene rings is 1. The first-order chi connectivity index (χ1) is 12.9. The monoisotopic (exact) mass is 373 g/mol. The van der Waals surface area contributed by atoms with E-state index in [9.17, 15) is 14.4 Å². The van der Waals surface area contributed by atoms with Crippen molar-refractivity contribution >= 4 is 23.4 Å². The van der Waals surface area contributed by atoms with Crippen molar-refractivity contribution in [3.8, 4) is 5.75 Å². The van der Waals surface area contributed by atoms with Gasteiger partial charge in [0.15, 0.2) is 0 Å². The van der Waals surface area contributed by atoms with Crippen molar-refractivity contribution in [3.63, 3.8) is 0 Å². The number of rotatable bonds is 6. The molecular formula is C20H27N3O4. The van der Waals surface area contributed by atoms with Gasteiger partial charge in [0, 0.05) is 32.5 Å². The van der Waals surface area contributed by atoms with Gasteiger partial charge in [0.1, 0.15) is 5.75 Å². The summed E-state index contributed by atoms with van der Waals surface area (Å²) in [5, 5.41) is 2.96. The molecule has 2 aliphatic heterocycles. The first kappa shape index (κ1) is 19.2. The molecule has 0 saturated carbocycles. The third kappa shape index (κ3) is 4.23. The Labute approximate surface area is 159 Å². The average molecular weight is 373 g/mol. The Morgan fingerprint density at radius 2 is 1.93 bits per heavy atom. The van der Waals surface area contributed by atoms with Crippen LogP contribution in [-0.4, -0.2) is 55.4 Å². The minimum atomic E-state index is -0.341. The lowest BCUT2D eigenvalue weighted by molar-refractivity contribution is -0.129. The predicted octanol–water partition coefficient (Wildman–Crippen LogP) is 1.42. The molecule has 0 aromatic heterocycles. The molecule has 1 aromatic rings. The topological polar surface area (TPSA) is 79.0 Å². The number of hydrogen-bond donors (Lipinski definition) is 1. The highest BCUT2D eigenvalue weighted by atomic mass is 16.5. The Balaban J connectivity index is 1.60. The average Bonchev–Trinajstić information content (AvgIpc) is 3.17. The van der Waals surface area contributed by atoms with Crippen LogP contribution < -0.4 is 15.0 Å². The van der Waals surface area contributed by atoms with Crippen LogP contribution in [0.2, 0.25) is 0 Å². The number of nitrogens with one attached hydrogen (secondary N) is 1. The van der Waals surface area contributed by atoms with Gasteiger partial charge in [0.05, 0.1) is 24.8 Å². The third-order valence-electron chi connectivity index (χ3n) is 5.02. The number of hydrogen-bond acceptors (Lipinski definition) is 4. The molecule has 2 fully saturated rings. The standard InChI is InChI=1S/C20H27N3O4/c1-13(2)10-22-11-14(8-18(22)24)20(26)21-15-9-19(25)23(12-15)16-6-4-5-7-17(16)27-3/h4-7,13-15H,8-12H2,1-3H3,(H,21,26)/t14-,15-/m0/s1. The number of carbonyl (C=O) groups is 3. The molecule has 27 heavy (non-hydrogen) atoms. The van der Waals surface area contributed by atoms with E-state index < -0.39 is 0 Å². The number of likely N-dealkylation sites (tertiary alicyclic amines) is 1. The molecule has 0 unspecified atom stereocenters. The molecule has 0 bridgehead atoms. The molecule has 2 heterocycles. The minimum Gasteiger partial charge on any atom is -0.495 e. The van der Waals surface area contributed by atoms with Crippen LogP contribution in [0.4, 0.5) is 5.69 Å². The lowest BCUT2D eigenvalue weighted by Crippen LogP contribution is -2.41. The van der Waals surface area contributed by atoms with Gasteiger partial charge in [-0.25, -0.2) is 0 Å². The smallest absolute Gasteiger partial charge is 0.229 e. The van der Waals surface area contributed by atoms with Crippen LogP contribution in [0.3, 0.4) is 0 Å². The Hall–Kier alpha value is -2.57. The van der Waals surface area contributed by atoms with Gasteiger partial charge in [0.2, 0.25) is 17.7 Å². The van der Waals surface area contributed by atoms with Gasteiger partial charge in [-0.2, -0.15) is 0 Å². The SMILES string of the molecule is COc1ccccc1N1C[C@@H](NC(=O)[C@H]2CC(=O)N(CC(C)C)C2)CC1=O. The van der Waals surface area contributed by atoms with Gasteiger partial charge in [-0.05, 0) is 18.1 Å². The summed E-state index contributed by atoms with van der Waals surface area (Å²) in [6, 6.07) is 7.08. The second-order valence-electron chi connectivity index (χ2n) is 7.68. The summed E-state index contributed by atoms with van der Waals surface area (Å²) in [5.41, 5.74) is 0.709. The summed E-state index contributed by atoms with van der Waals surface area (Å²) in [5.74, 6) is 0.498. The first-order valence-electron chi connectivity index (χ1n) is 9.40. The largest absolute Gasteiger partial charge is 0.495 e. The summed E-state index contributed by atoms with van der Waals surface area (Å²) < 4.78 is 5.33. The summed E-state index contributed by atoms with van der Waals surface area (Å²) in [7, 11) is 1.57. The molecule has 0 aliphatic carbocycles. The van der Waals surface area contributed by atoms with Gasteiger partial charge in [0.25, 0.3) is 0 Å². The van der Waals surface area contributed by atoms with Gasteiger partial charge in [-0.15, -0.1) is 0 Å². The van der Waals surface area contributed by atoms with E-state index in [0.29, 0.717) is 37.0 Å². The van der Waals surface area contributed by atoms with E-state index in [-0.39, 0.29) is 42.5 Å². The van der Waals surface area contributed by atoms with E-state index in [1.54, 1.807) is 16.9 Å². The summed E-state index contributed by atoms with van der Waals surface area (Å²) in [4.78, 5) is 40.5.